The van der Waals surface area contributed by atoms with Crippen LogP contribution in [0, 0.1) is 5.92 Å². The summed E-state index contributed by atoms with van der Waals surface area (Å²) in [4.78, 5) is 16.7. The molecule has 0 bridgehead atoms. The van der Waals surface area contributed by atoms with E-state index >= 15 is 0 Å². The molecule has 3 aliphatic heterocycles. The van der Waals surface area contributed by atoms with Gasteiger partial charge in [-0.25, -0.2) is 4.98 Å². The van der Waals surface area contributed by atoms with E-state index in [-0.39, 0.29) is 30.9 Å². The van der Waals surface area contributed by atoms with Crippen LogP contribution < -0.4 is 15.1 Å². The van der Waals surface area contributed by atoms with Crippen molar-refractivity contribution >= 4 is 36.6 Å². The Balaban J connectivity index is 0.00000140. The van der Waals surface area contributed by atoms with E-state index in [1.165, 1.54) is 24.2 Å². The fraction of sp³-hybridized carbons (Fsp3) is 0.789. The molecule has 2 fully saturated rings. The van der Waals surface area contributed by atoms with Crippen LogP contribution >= 0.6 is 24.8 Å². The summed E-state index contributed by atoms with van der Waals surface area (Å²) < 4.78 is 0. The lowest BCUT2D eigenvalue weighted by Gasteiger charge is -2.36. The van der Waals surface area contributed by atoms with Crippen molar-refractivity contribution in [2.75, 3.05) is 63.2 Å². The van der Waals surface area contributed by atoms with Gasteiger partial charge in [-0.05, 0) is 38.3 Å². The zero-order valence-electron chi connectivity index (χ0n) is 16.9. The van der Waals surface area contributed by atoms with E-state index in [1.54, 1.807) is 0 Å². The smallest absolute Gasteiger partial charge is 0.227 e. The molecule has 0 amide bonds. The molecular formula is C19H34Cl2N6O. The molecule has 160 valence electrons. The van der Waals surface area contributed by atoms with Gasteiger partial charge in [0.1, 0.15) is 5.82 Å². The van der Waals surface area contributed by atoms with E-state index in [2.05, 4.69) is 15.1 Å². The minimum Gasteiger partial charge on any atom is -0.393 e. The predicted octanol–water partition coefficient (Wildman–Crippen LogP) is 1.31. The number of aromatic nitrogens is 2. The molecule has 2 N–H and O–H groups in total. The molecule has 0 aromatic carbocycles. The molecule has 1 aromatic rings. The molecule has 9 heteroatoms. The molecule has 1 aromatic heterocycles. The number of fused-ring (bicyclic) bond motifs is 1. The highest BCUT2D eigenvalue weighted by atomic mass is 35.5. The number of anilines is 2. The number of hydrogen-bond donors (Lipinski definition) is 2. The lowest BCUT2D eigenvalue weighted by atomic mass is 10.0. The molecule has 0 saturated carbocycles. The average molecular weight is 433 g/mol. The summed E-state index contributed by atoms with van der Waals surface area (Å²) in [6.07, 6.45) is 3.78. The molecule has 3 aliphatic rings. The van der Waals surface area contributed by atoms with Crippen molar-refractivity contribution in [2.45, 2.75) is 38.3 Å². The first-order valence-electron chi connectivity index (χ1n) is 10.0. The van der Waals surface area contributed by atoms with Gasteiger partial charge in [0.25, 0.3) is 0 Å². The lowest BCUT2D eigenvalue weighted by Crippen LogP contribution is -2.40. The standard InChI is InChI=1S/C19H32N6O.2ClH/c1-23(2)19-21-17-6-8-24(12-14-3-7-20-11-14)13-16(17)18(22-19)25-9-4-15(26)5-10-25;;/h14-15,20,26H,3-13H2,1-2H3;2*1H. The van der Waals surface area contributed by atoms with Crippen LogP contribution in [0.2, 0.25) is 0 Å². The zero-order chi connectivity index (χ0) is 18.1. The maximum absolute atomic E-state index is 9.87. The van der Waals surface area contributed by atoms with Gasteiger partial charge < -0.3 is 20.2 Å². The molecule has 7 nitrogen and oxygen atoms in total. The number of aliphatic hydroxyl groups excluding tert-OH is 1. The summed E-state index contributed by atoms with van der Waals surface area (Å²) >= 11 is 0. The summed E-state index contributed by atoms with van der Waals surface area (Å²) in [6.45, 7) is 7.27. The number of nitrogens with one attached hydrogen (secondary N) is 1. The largest absolute Gasteiger partial charge is 0.393 e. The number of aliphatic hydroxyl groups is 1. The van der Waals surface area contributed by atoms with Gasteiger partial charge in [0.05, 0.1) is 11.8 Å². The number of nitrogens with zero attached hydrogens (tertiary/aromatic N) is 5. The number of piperidine rings is 1. The average Bonchev–Trinajstić information content (AvgIpc) is 3.14. The molecule has 1 atom stereocenters. The van der Waals surface area contributed by atoms with Crippen molar-refractivity contribution in [3.63, 3.8) is 0 Å². The Bertz CT molecular complexity index is 633. The summed E-state index contributed by atoms with van der Waals surface area (Å²) in [7, 11) is 4.02. The van der Waals surface area contributed by atoms with Gasteiger partial charge in [0, 0.05) is 58.8 Å². The van der Waals surface area contributed by atoms with Gasteiger partial charge >= 0.3 is 0 Å². The SMILES string of the molecule is CN(C)c1nc2c(c(N3CCC(O)CC3)n1)CN(CC1CCNC1)CC2.Cl.Cl. The van der Waals surface area contributed by atoms with E-state index in [1.807, 2.05) is 19.0 Å². The van der Waals surface area contributed by atoms with Gasteiger partial charge in [0.15, 0.2) is 0 Å². The Hall–Kier alpha value is -0.860. The van der Waals surface area contributed by atoms with E-state index in [0.717, 1.165) is 76.2 Å². The highest BCUT2D eigenvalue weighted by molar-refractivity contribution is 5.85. The molecule has 0 radical (unpaired) electrons. The van der Waals surface area contributed by atoms with E-state index < -0.39 is 0 Å². The third-order valence-corrected chi connectivity index (χ3v) is 5.95. The molecule has 2 saturated heterocycles. The fourth-order valence-corrected chi connectivity index (χ4v) is 4.37. The molecule has 0 aliphatic carbocycles. The van der Waals surface area contributed by atoms with Crippen molar-refractivity contribution < 1.29 is 5.11 Å². The number of hydrogen-bond acceptors (Lipinski definition) is 7. The first kappa shape index (κ1) is 23.4. The normalized spacial score (nSPS) is 23.0. The van der Waals surface area contributed by atoms with Crippen LogP contribution in [0.4, 0.5) is 11.8 Å². The van der Waals surface area contributed by atoms with Crippen LogP contribution in [0.3, 0.4) is 0 Å². The second-order valence-electron chi connectivity index (χ2n) is 8.23. The maximum Gasteiger partial charge on any atom is 0.227 e. The Morgan fingerprint density at radius 2 is 1.86 bits per heavy atom. The molecule has 4 rings (SSSR count). The van der Waals surface area contributed by atoms with Gasteiger partial charge in [-0.2, -0.15) is 4.98 Å². The Morgan fingerprint density at radius 3 is 2.50 bits per heavy atom. The van der Waals surface area contributed by atoms with Gasteiger partial charge in [-0.1, -0.05) is 0 Å². The molecule has 4 heterocycles. The first-order chi connectivity index (χ1) is 12.6. The Labute approximate surface area is 180 Å². The third kappa shape index (κ3) is 5.19. The maximum atomic E-state index is 9.87. The molecular weight excluding hydrogens is 399 g/mol. The molecule has 28 heavy (non-hydrogen) atoms. The van der Waals surface area contributed by atoms with Crippen molar-refractivity contribution in [1.29, 1.82) is 0 Å². The van der Waals surface area contributed by atoms with Crippen molar-refractivity contribution in [3.05, 3.63) is 11.3 Å². The summed E-state index contributed by atoms with van der Waals surface area (Å²) in [5, 5.41) is 13.4. The van der Waals surface area contributed by atoms with Crippen LogP contribution in [0.25, 0.3) is 0 Å². The highest BCUT2D eigenvalue weighted by Gasteiger charge is 2.29. The minimum absolute atomic E-state index is 0. The predicted molar refractivity (Wildman–Crippen MR) is 118 cm³/mol. The van der Waals surface area contributed by atoms with E-state index in [4.69, 9.17) is 9.97 Å². The summed E-state index contributed by atoms with van der Waals surface area (Å²) in [5.41, 5.74) is 2.52. The van der Waals surface area contributed by atoms with Crippen molar-refractivity contribution in [1.82, 2.24) is 20.2 Å². The van der Waals surface area contributed by atoms with Gasteiger partial charge in [-0.15, -0.1) is 24.8 Å². The number of halogens is 2. The third-order valence-electron chi connectivity index (χ3n) is 5.95. The van der Waals surface area contributed by atoms with Crippen LogP contribution in [-0.2, 0) is 13.0 Å². The van der Waals surface area contributed by atoms with Crippen molar-refractivity contribution in [2.24, 2.45) is 5.92 Å². The Morgan fingerprint density at radius 1 is 1.11 bits per heavy atom. The van der Waals surface area contributed by atoms with E-state index in [9.17, 15) is 5.11 Å². The number of rotatable bonds is 4. The monoisotopic (exact) mass is 432 g/mol. The van der Waals surface area contributed by atoms with Crippen LogP contribution in [0.15, 0.2) is 0 Å². The second-order valence-corrected chi connectivity index (χ2v) is 8.23. The Kier molecular flexibility index (Phi) is 8.58. The van der Waals surface area contributed by atoms with Crippen molar-refractivity contribution in [3.8, 4) is 0 Å². The second kappa shape index (κ2) is 10.3. The zero-order valence-corrected chi connectivity index (χ0v) is 18.6. The molecule has 0 spiro atoms. The van der Waals surface area contributed by atoms with Gasteiger partial charge in [-0.3, -0.25) is 4.90 Å². The van der Waals surface area contributed by atoms with Crippen LogP contribution in [0.5, 0.6) is 0 Å². The lowest BCUT2D eigenvalue weighted by molar-refractivity contribution is 0.145. The summed E-state index contributed by atoms with van der Waals surface area (Å²) in [6, 6.07) is 0. The molecule has 1 unspecified atom stereocenters. The minimum atomic E-state index is -0.163. The quantitative estimate of drug-likeness (QED) is 0.742. The summed E-state index contributed by atoms with van der Waals surface area (Å²) in [5.74, 6) is 2.67. The van der Waals surface area contributed by atoms with E-state index in [0.29, 0.717) is 0 Å². The first-order valence-corrected chi connectivity index (χ1v) is 10.0. The fourth-order valence-electron chi connectivity index (χ4n) is 4.37. The van der Waals surface area contributed by atoms with Gasteiger partial charge in [0.2, 0.25) is 5.95 Å². The topological polar surface area (TPSA) is 67.8 Å². The highest BCUT2D eigenvalue weighted by Crippen LogP contribution is 2.31. The van der Waals surface area contributed by atoms with Crippen LogP contribution in [0.1, 0.15) is 30.5 Å². The van der Waals surface area contributed by atoms with Crippen LogP contribution in [-0.4, -0.2) is 79.4 Å².